The number of hydrogen-bond donors (Lipinski definition) is 1. The summed E-state index contributed by atoms with van der Waals surface area (Å²) >= 11 is 5.92. The van der Waals surface area contributed by atoms with Crippen molar-refractivity contribution < 1.29 is 9.47 Å². The summed E-state index contributed by atoms with van der Waals surface area (Å²) in [6, 6.07) is 19.6. The molecule has 1 heterocycles. The van der Waals surface area contributed by atoms with Crippen molar-refractivity contribution in [1.29, 1.82) is 0 Å². The van der Waals surface area contributed by atoms with E-state index in [1.165, 1.54) is 0 Å². The lowest BCUT2D eigenvalue weighted by Gasteiger charge is -2.14. The SMILES string of the molecule is CCOc1cc(CNCc2ccccn2)ccc1OCc1ccc(Cl)cc1.Cl. The van der Waals surface area contributed by atoms with Crippen LogP contribution < -0.4 is 14.8 Å². The second-order valence-electron chi connectivity index (χ2n) is 6.05. The second kappa shape index (κ2) is 11.5. The van der Waals surface area contributed by atoms with Crippen molar-refractivity contribution >= 4 is 24.0 Å². The van der Waals surface area contributed by atoms with Gasteiger partial charge in [-0.3, -0.25) is 4.98 Å². The third-order valence-electron chi connectivity index (χ3n) is 3.98. The predicted octanol–water partition coefficient (Wildman–Crippen LogP) is 5.42. The quantitative estimate of drug-likeness (QED) is 0.503. The first kappa shape index (κ1) is 22.0. The molecule has 1 aromatic heterocycles. The molecular formula is C22H24Cl2N2O2. The van der Waals surface area contributed by atoms with E-state index in [0.717, 1.165) is 46.4 Å². The Hall–Kier alpha value is -2.27. The van der Waals surface area contributed by atoms with E-state index in [1.807, 2.05) is 67.6 Å². The number of hydrogen-bond acceptors (Lipinski definition) is 4. The molecule has 0 bridgehead atoms. The standard InChI is InChI=1S/C22H23ClN2O2.ClH/c1-2-26-22-13-18(14-24-15-20-5-3-4-12-25-20)8-11-21(22)27-16-17-6-9-19(23)10-7-17;/h3-13,24H,2,14-16H2,1H3;1H. The third-order valence-corrected chi connectivity index (χ3v) is 4.23. The maximum Gasteiger partial charge on any atom is 0.161 e. The number of benzene rings is 2. The fraction of sp³-hybridized carbons (Fsp3) is 0.227. The molecule has 0 aliphatic rings. The Morgan fingerprint density at radius 2 is 1.68 bits per heavy atom. The number of pyridine rings is 1. The summed E-state index contributed by atoms with van der Waals surface area (Å²) in [6.45, 7) is 4.47. The van der Waals surface area contributed by atoms with Crippen LogP contribution in [-0.2, 0) is 19.7 Å². The van der Waals surface area contributed by atoms with Crippen LogP contribution in [-0.4, -0.2) is 11.6 Å². The first-order valence-corrected chi connectivity index (χ1v) is 9.36. The van der Waals surface area contributed by atoms with E-state index in [-0.39, 0.29) is 12.4 Å². The van der Waals surface area contributed by atoms with Crippen molar-refractivity contribution in [3.05, 3.63) is 88.7 Å². The summed E-state index contributed by atoms with van der Waals surface area (Å²) in [6.07, 6.45) is 1.80. The van der Waals surface area contributed by atoms with Gasteiger partial charge in [-0.15, -0.1) is 12.4 Å². The minimum absolute atomic E-state index is 0. The number of rotatable bonds is 9. The van der Waals surface area contributed by atoms with Crippen molar-refractivity contribution in [2.75, 3.05) is 6.61 Å². The topological polar surface area (TPSA) is 43.4 Å². The molecule has 4 nitrogen and oxygen atoms in total. The highest BCUT2D eigenvalue weighted by molar-refractivity contribution is 6.30. The molecule has 0 atom stereocenters. The molecule has 0 aliphatic heterocycles. The molecule has 0 spiro atoms. The van der Waals surface area contributed by atoms with Crippen molar-refractivity contribution in [3.63, 3.8) is 0 Å². The highest BCUT2D eigenvalue weighted by Gasteiger charge is 2.07. The molecule has 28 heavy (non-hydrogen) atoms. The minimum Gasteiger partial charge on any atom is -0.490 e. The fourth-order valence-corrected chi connectivity index (χ4v) is 2.76. The van der Waals surface area contributed by atoms with Crippen LogP contribution in [0.3, 0.4) is 0 Å². The molecule has 0 saturated heterocycles. The summed E-state index contributed by atoms with van der Waals surface area (Å²) in [7, 11) is 0. The van der Waals surface area contributed by atoms with Gasteiger partial charge in [0.2, 0.25) is 0 Å². The van der Waals surface area contributed by atoms with E-state index >= 15 is 0 Å². The van der Waals surface area contributed by atoms with Gasteiger partial charge in [-0.05, 0) is 54.4 Å². The van der Waals surface area contributed by atoms with Gasteiger partial charge in [-0.2, -0.15) is 0 Å². The second-order valence-corrected chi connectivity index (χ2v) is 6.49. The van der Waals surface area contributed by atoms with Crippen LogP contribution >= 0.6 is 24.0 Å². The van der Waals surface area contributed by atoms with Gasteiger partial charge in [-0.1, -0.05) is 35.9 Å². The monoisotopic (exact) mass is 418 g/mol. The average Bonchev–Trinajstić information content (AvgIpc) is 2.70. The zero-order valence-electron chi connectivity index (χ0n) is 15.7. The van der Waals surface area contributed by atoms with E-state index in [2.05, 4.69) is 10.3 Å². The molecular weight excluding hydrogens is 395 g/mol. The van der Waals surface area contributed by atoms with E-state index in [4.69, 9.17) is 21.1 Å². The molecule has 148 valence electrons. The normalized spacial score (nSPS) is 10.2. The zero-order valence-corrected chi connectivity index (χ0v) is 17.3. The molecule has 0 fully saturated rings. The van der Waals surface area contributed by atoms with Crippen LogP contribution in [0, 0.1) is 0 Å². The van der Waals surface area contributed by atoms with Gasteiger partial charge < -0.3 is 14.8 Å². The highest BCUT2D eigenvalue weighted by atomic mass is 35.5. The Kier molecular flexibility index (Phi) is 9.08. The van der Waals surface area contributed by atoms with E-state index in [9.17, 15) is 0 Å². The van der Waals surface area contributed by atoms with E-state index < -0.39 is 0 Å². The Balaban J connectivity index is 0.00000280. The van der Waals surface area contributed by atoms with Crippen molar-refractivity contribution in [2.24, 2.45) is 0 Å². The Bertz CT molecular complexity index is 843. The zero-order chi connectivity index (χ0) is 18.9. The summed E-state index contributed by atoms with van der Waals surface area (Å²) in [5.41, 5.74) is 3.21. The molecule has 0 radical (unpaired) electrons. The molecule has 3 aromatic rings. The van der Waals surface area contributed by atoms with Gasteiger partial charge >= 0.3 is 0 Å². The van der Waals surface area contributed by atoms with Gasteiger partial charge in [0.25, 0.3) is 0 Å². The summed E-state index contributed by atoms with van der Waals surface area (Å²) in [4.78, 5) is 4.31. The third kappa shape index (κ3) is 6.71. The van der Waals surface area contributed by atoms with Gasteiger partial charge in [0, 0.05) is 24.3 Å². The smallest absolute Gasteiger partial charge is 0.161 e. The molecule has 1 N–H and O–H groups in total. The van der Waals surface area contributed by atoms with Crippen molar-refractivity contribution in [1.82, 2.24) is 10.3 Å². The van der Waals surface area contributed by atoms with Crippen LogP contribution in [0.2, 0.25) is 5.02 Å². The van der Waals surface area contributed by atoms with Gasteiger partial charge in [0.05, 0.1) is 12.3 Å². The van der Waals surface area contributed by atoms with Crippen LogP contribution in [0.25, 0.3) is 0 Å². The first-order chi connectivity index (χ1) is 13.2. The largest absolute Gasteiger partial charge is 0.490 e. The minimum atomic E-state index is 0. The summed E-state index contributed by atoms with van der Waals surface area (Å²) < 4.78 is 11.7. The van der Waals surface area contributed by atoms with Crippen LogP contribution in [0.15, 0.2) is 66.9 Å². The van der Waals surface area contributed by atoms with Crippen molar-refractivity contribution in [3.8, 4) is 11.5 Å². The number of ether oxygens (including phenoxy) is 2. The molecule has 0 unspecified atom stereocenters. The molecule has 3 rings (SSSR count). The number of nitrogens with one attached hydrogen (secondary N) is 1. The van der Waals surface area contributed by atoms with Crippen LogP contribution in [0.5, 0.6) is 11.5 Å². The summed E-state index contributed by atoms with van der Waals surface area (Å²) in [5.74, 6) is 1.49. The van der Waals surface area contributed by atoms with Gasteiger partial charge in [-0.25, -0.2) is 0 Å². The van der Waals surface area contributed by atoms with Crippen LogP contribution in [0.4, 0.5) is 0 Å². The summed E-state index contributed by atoms with van der Waals surface area (Å²) in [5, 5.41) is 4.12. The maximum atomic E-state index is 5.95. The lowest BCUT2D eigenvalue weighted by Crippen LogP contribution is -2.13. The predicted molar refractivity (Wildman–Crippen MR) is 115 cm³/mol. The van der Waals surface area contributed by atoms with Gasteiger partial charge in [0.15, 0.2) is 11.5 Å². The number of nitrogens with zero attached hydrogens (tertiary/aromatic N) is 1. The molecule has 0 amide bonds. The van der Waals surface area contributed by atoms with Crippen LogP contribution in [0.1, 0.15) is 23.7 Å². The van der Waals surface area contributed by atoms with E-state index in [0.29, 0.717) is 13.2 Å². The first-order valence-electron chi connectivity index (χ1n) is 8.98. The molecule has 2 aromatic carbocycles. The lowest BCUT2D eigenvalue weighted by atomic mass is 10.2. The van der Waals surface area contributed by atoms with Gasteiger partial charge in [0.1, 0.15) is 6.61 Å². The Morgan fingerprint density at radius 1 is 0.893 bits per heavy atom. The molecule has 0 saturated carbocycles. The lowest BCUT2D eigenvalue weighted by molar-refractivity contribution is 0.269. The Morgan fingerprint density at radius 3 is 2.39 bits per heavy atom. The average molecular weight is 419 g/mol. The highest BCUT2D eigenvalue weighted by Crippen LogP contribution is 2.29. The molecule has 0 aliphatic carbocycles. The Labute approximate surface area is 177 Å². The van der Waals surface area contributed by atoms with Crippen molar-refractivity contribution in [2.45, 2.75) is 26.6 Å². The number of halogens is 2. The molecule has 6 heteroatoms. The van der Waals surface area contributed by atoms with E-state index in [1.54, 1.807) is 6.20 Å². The fourth-order valence-electron chi connectivity index (χ4n) is 2.63. The number of aromatic nitrogens is 1. The maximum absolute atomic E-state index is 5.95.